The molecular formula is C21H17N3OS. The Morgan fingerprint density at radius 2 is 1.58 bits per heavy atom. The van der Waals surface area contributed by atoms with Crippen LogP contribution in [0.1, 0.15) is 5.56 Å². The van der Waals surface area contributed by atoms with Crippen LogP contribution in [-0.4, -0.2) is 16.9 Å². The molecule has 0 saturated carbocycles. The summed E-state index contributed by atoms with van der Waals surface area (Å²) in [4.78, 5) is 18.7. The van der Waals surface area contributed by atoms with Gasteiger partial charge in [-0.2, -0.15) is 0 Å². The maximum absolute atomic E-state index is 13.0. The van der Waals surface area contributed by atoms with Crippen molar-refractivity contribution in [3.05, 3.63) is 84.4 Å². The van der Waals surface area contributed by atoms with Gasteiger partial charge in [0.25, 0.3) is 0 Å². The van der Waals surface area contributed by atoms with E-state index in [1.807, 2.05) is 78.9 Å². The minimum absolute atomic E-state index is 0.106. The number of hydrogen-bond donors (Lipinski definition) is 2. The van der Waals surface area contributed by atoms with Crippen molar-refractivity contribution in [1.29, 1.82) is 0 Å². The first-order chi connectivity index (χ1) is 12.7. The third-order valence-corrected chi connectivity index (χ3v) is 5.42. The van der Waals surface area contributed by atoms with E-state index in [0.29, 0.717) is 5.69 Å². The maximum Gasteiger partial charge on any atom is 0.244 e. The van der Waals surface area contributed by atoms with E-state index in [-0.39, 0.29) is 5.91 Å². The summed E-state index contributed by atoms with van der Waals surface area (Å²) in [5, 5.41) is 2.49. The number of carbonyl (C=O) groups is 1. The lowest BCUT2D eigenvalue weighted by Crippen LogP contribution is -2.31. The highest BCUT2D eigenvalue weighted by Crippen LogP contribution is 2.36. The highest BCUT2D eigenvalue weighted by Gasteiger charge is 2.30. The fraction of sp³-hybridized carbons (Fsp3) is 0.0476. The van der Waals surface area contributed by atoms with E-state index in [1.54, 1.807) is 0 Å². The Balaban J connectivity index is 1.83. The first-order valence-corrected chi connectivity index (χ1v) is 9.15. The monoisotopic (exact) mass is 359 g/mol. The van der Waals surface area contributed by atoms with Gasteiger partial charge in [-0.05, 0) is 29.8 Å². The largest absolute Gasteiger partial charge is 0.398 e. The molecular weight excluding hydrogens is 342 g/mol. The van der Waals surface area contributed by atoms with Crippen LogP contribution >= 0.6 is 11.8 Å². The molecule has 3 N–H and O–H groups in total. The van der Waals surface area contributed by atoms with Crippen molar-refractivity contribution in [1.82, 2.24) is 0 Å². The zero-order chi connectivity index (χ0) is 17.9. The lowest BCUT2D eigenvalue weighted by atomic mass is 10.1. The third kappa shape index (κ3) is 3.21. The van der Waals surface area contributed by atoms with E-state index in [4.69, 9.17) is 10.7 Å². The molecule has 1 atom stereocenters. The summed E-state index contributed by atoms with van der Waals surface area (Å²) >= 11 is 1.42. The van der Waals surface area contributed by atoms with E-state index < -0.39 is 5.25 Å². The van der Waals surface area contributed by atoms with Crippen molar-refractivity contribution >= 4 is 40.4 Å². The molecule has 0 bridgehead atoms. The molecule has 0 unspecified atom stereocenters. The van der Waals surface area contributed by atoms with Crippen molar-refractivity contribution in [2.75, 3.05) is 11.1 Å². The average Bonchev–Trinajstić information content (AvgIpc) is 2.81. The number of aliphatic imine (C=N–C) groups is 1. The van der Waals surface area contributed by atoms with Gasteiger partial charge in [0.15, 0.2) is 0 Å². The lowest BCUT2D eigenvalue weighted by Gasteiger charge is -2.17. The van der Waals surface area contributed by atoms with E-state index in [1.165, 1.54) is 11.8 Å². The summed E-state index contributed by atoms with van der Waals surface area (Å²) in [6.07, 6.45) is 0. The average molecular weight is 359 g/mol. The normalized spacial score (nSPS) is 16.2. The summed E-state index contributed by atoms with van der Waals surface area (Å²) in [6.45, 7) is 0. The molecule has 0 saturated heterocycles. The molecule has 26 heavy (non-hydrogen) atoms. The fourth-order valence-corrected chi connectivity index (χ4v) is 3.92. The quantitative estimate of drug-likeness (QED) is 0.677. The number of nitrogens with zero attached hydrogens (tertiary/aromatic N) is 1. The van der Waals surface area contributed by atoms with Crippen molar-refractivity contribution in [3.8, 4) is 0 Å². The Morgan fingerprint density at radius 1 is 0.885 bits per heavy atom. The topological polar surface area (TPSA) is 67.5 Å². The van der Waals surface area contributed by atoms with E-state index in [9.17, 15) is 4.79 Å². The summed E-state index contributed by atoms with van der Waals surface area (Å²) in [5.74, 6) is -0.106. The van der Waals surface area contributed by atoms with Crippen molar-refractivity contribution in [2.24, 2.45) is 4.99 Å². The van der Waals surface area contributed by atoms with E-state index >= 15 is 0 Å². The van der Waals surface area contributed by atoms with Crippen LogP contribution in [-0.2, 0) is 4.79 Å². The van der Waals surface area contributed by atoms with Gasteiger partial charge in [0, 0.05) is 10.6 Å². The molecule has 128 valence electrons. The van der Waals surface area contributed by atoms with Crippen LogP contribution < -0.4 is 11.1 Å². The van der Waals surface area contributed by atoms with Crippen molar-refractivity contribution < 1.29 is 4.79 Å². The molecule has 4 nitrogen and oxygen atoms in total. The molecule has 0 fully saturated rings. The number of carbonyl (C=O) groups excluding carboxylic acids is 1. The van der Waals surface area contributed by atoms with Crippen LogP contribution in [0.4, 0.5) is 17.1 Å². The van der Waals surface area contributed by atoms with Gasteiger partial charge in [0.2, 0.25) is 5.91 Å². The first kappa shape index (κ1) is 16.4. The predicted octanol–water partition coefficient (Wildman–Crippen LogP) is 4.50. The zero-order valence-electron chi connectivity index (χ0n) is 13.9. The molecule has 1 aliphatic rings. The van der Waals surface area contributed by atoms with Gasteiger partial charge >= 0.3 is 0 Å². The molecule has 0 aliphatic carbocycles. The molecule has 0 spiro atoms. The number of hydrogen-bond acceptors (Lipinski definition) is 4. The summed E-state index contributed by atoms with van der Waals surface area (Å²) in [7, 11) is 0. The molecule has 4 rings (SSSR count). The first-order valence-electron chi connectivity index (χ1n) is 8.27. The van der Waals surface area contributed by atoms with Gasteiger partial charge in [0.1, 0.15) is 5.25 Å². The second-order valence-corrected chi connectivity index (χ2v) is 7.05. The number of anilines is 2. The van der Waals surface area contributed by atoms with Crippen LogP contribution in [0.2, 0.25) is 0 Å². The lowest BCUT2D eigenvalue weighted by molar-refractivity contribution is -0.114. The predicted molar refractivity (Wildman–Crippen MR) is 108 cm³/mol. The number of benzene rings is 3. The molecule has 0 radical (unpaired) electrons. The Bertz CT molecular complexity index is 985. The Morgan fingerprint density at radius 3 is 2.38 bits per heavy atom. The molecule has 1 heterocycles. The third-order valence-electron chi connectivity index (χ3n) is 4.12. The van der Waals surface area contributed by atoms with Gasteiger partial charge in [-0.1, -0.05) is 54.6 Å². The SMILES string of the molecule is Nc1ccccc1S[C@H]1C(=O)Nc2ccccc2N=C1c1ccccc1. The molecule has 3 aromatic carbocycles. The summed E-state index contributed by atoms with van der Waals surface area (Å²) in [6, 6.07) is 24.9. The minimum atomic E-state index is -0.505. The molecule has 1 amide bonds. The van der Waals surface area contributed by atoms with Gasteiger partial charge in [-0.15, -0.1) is 11.8 Å². The fourth-order valence-electron chi connectivity index (χ4n) is 2.84. The smallest absolute Gasteiger partial charge is 0.244 e. The van der Waals surface area contributed by atoms with Crippen LogP contribution in [0.3, 0.4) is 0 Å². The molecule has 3 aromatic rings. The van der Waals surface area contributed by atoms with Crippen LogP contribution in [0.15, 0.2) is 88.8 Å². The minimum Gasteiger partial charge on any atom is -0.398 e. The zero-order valence-corrected chi connectivity index (χ0v) is 14.7. The van der Waals surface area contributed by atoms with Gasteiger partial charge in [-0.3, -0.25) is 4.79 Å². The Labute approximate surface area is 156 Å². The van der Waals surface area contributed by atoms with Gasteiger partial charge < -0.3 is 11.1 Å². The van der Waals surface area contributed by atoms with Gasteiger partial charge in [0.05, 0.1) is 17.1 Å². The maximum atomic E-state index is 13.0. The standard InChI is InChI=1S/C21H17N3OS/c22-15-10-4-7-13-18(15)26-20-19(14-8-2-1-3-9-14)23-16-11-5-6-12-17(16)24-21(20)25/h1-13,20H,22H2,(H,24,25)/t20-/m1/s1. The Kier molecular flexibility index (Phi) is 4.46. The van der Waals surface area contributed by atoms with Crippen molar-refractivity contribution in [3.63, 3.8) is 0 Å². The number of para-hydroxylation sites is 3. The molecule has 0 aromatic heterocycles. The highest BCUT2D eigenvalue weighted by atomic mass is 32.2. The van der Waals surface area contributed by atoms with E-state index in [2.05, 4.69) is 5.32 Å². The van der Waals surface area contributed by atoms with Crippen LogP contribution in [0, 0.1) is 0 Å². The summed E-state index contributed by atoms with van der Waals surface area (Å²) in [5.41, 5.74) is 9.87. The Hall–Kier alpha value is -3.05. The number of nitrogen functional groups attached to an aromatic ring is 1. The molecule has 1 aliphatic heterocycles. The number of nitrogens with two attached hydrogens (primary N) is 1. The second-order valence-electron chi connectivity index (χ2n) is 5.91. The number of nitrogens with one attached hydrogen (secondary N) is 1. The van der Waals surface area contributed by atoms with Crippen molar-refractivity contribution in [2.45, 2.75) is 10.1 Å². The van der Waals surface area contributed by atoms with Gasteiger partial charge in [-0.25, -0.2) is 4.99 Å². The molecule has 5 heteroatoms. The number of fused-ring (bicyclic) bond motifs is 1. The second kappa shape index (κ2) is 7.06. The van der Waals surface area contributed by atoms with E-state index in [0.717, 1.165) is 27.5 Å². The summed E-state index contributed by atoms with van der Waals surface area (Å²) < 4.78 is 0. The van der Waals surface area contributed by atoms with Crippen LogP contribution in [0.25, 0.3) is 0 Å². The highest BCUT2D eigenvalue weighted by molar-refractivity contribution is 8.01. The van der Waals surface area contributed by atoms with Crippen LogP contribution in [0.5, 0.6) is 0 Å². The number of amides is 1. The number of thioether (sulfide) groups is 1. The number of rotatable bonds is 3.